The highest BCUT2D eigenvalue weighted by Gasteiger charge is 2.31. The lowest BCUT2D eigenvalue weighted by Gasteiger charge is -2.15. The third-order valence-electron chi connectivity index (χ3n) is 3.94. The van der Waals surface area contributed by atoms with Gasteiger partial charge in [-0.2, -0.15) is 18.3 Å². The maximum absolute atomic E-state index is 13.1. The average molecular weight is 405 g/mol. The molecule has 1 amide bonds. The van der Waals surface area contributed by atoms with E-state index < -0.39 is 17.6 Å². The molecule has 0 aliphatic rings. The number of ether oxygens (including phenoxy) is 2. The second-order valence-electron chi connectivity index (χ2n) is 5.99. The minimum absolute atomic E-state index is 0.0501. The molecular weight excluding hydrogens is 387 g/mol. The lowest BCUT2D eigenvalue weighted by atomic mass is 10.1. The summed E-state index contributed by atoms with van der Waals surface area (Å²) in [5.41, 5.74) is -0.208. The van der Waals surface area contributed by atoms with Crippen LogP contribution in [0.2, 0.25) is 0 Å². The lowest BCUT2D eigenvalue weighted by molar-refractivity contribution is -0.137. The number of amides is 1. The predicted molar refractivity (Wildman–Crippen MR) is 100 cm³/mol. The van der Waals surface area contributed by atoms with Gasteiger partial charge in [-0.3, -0.25) is 4.79 Å². The molecule has 0 fully saturated rings. The summed E-state index contributed by atoms with van der Waals surface area (Å²) >= 11 is 0. The van der Waals surface area contributed by atoms with Gasteiger partial charge < -0.3 is 14.8 Å². The Morgan fingerprint density at radius 3 is 2.55 bits per heavy atom. The summed E-state index contributed by atoms with van der Waals surface area (Å²) in [5, 5.41) is 6.62. The molecule has 9 heteroatoms. The molecule has 6 nitrogen and oxygen atoms in total. The lowest BCUT2D eigenvalue weighted by Crippen LogP contribution is -2.16. The van der Waals surface area contributed by atoms with Crippen molar-refractivity contribution in [1.29, 1.82) is 0 Å². The van der Waals surface area contributed by atoms with Crippen molar-refractivity contribution in [3.05, 3.63) is 72.1 Å². The molecule has 0 spiro atoms. The number of anilines is 1. The number of carbonyl (C=O) groups is 1. The zero-order valence-electron chi connectivity index (χ0n) is 15.4. The number of benzene rings is 2. The number of rotatable bonds is 7. The van der Waals surface area contributed by atoms with Crippen molar-refractivity contribution in [2.75, 3.05) is 25.6 Å². The van der Waals surface area contributed by atoms with Gasteiger partial charge in [-0.05, 0) is 36.4 Å². The molecular formula is C20H18F3N3O3. The molecule has 3 rings (SSSR count). The summed E-state index contributed by atoms with van der Waals surface area (Å²) in [6, 6.07) is 13.5. The van der Waals surface area contributed by atoms with Gasteiger partial charge in [0.2, 0.25) is 0 Å². The molecule has 1 heterocycles. The minimum atomic E-state index is -4.56. The SMILES string of the molecule is COCCOc1ccc(C(F)(F)F)cc1NC(=O)c1ccn(-c2ccccc2)n1. The second-order valence-corrected chi connectivity index (χ2v) is 5.99. The Balaban J connectivity index is 1.83. The maximum atomic E-state index is 13.1. The van der Waals surface area contributed by atoms with Gasteiger partial charge in [0.1, 0.15) is 12.4 Å². The first-order chi connectivity index (χ1) is 13.9. The van der Waals surface area contributed by atoms with Crippen LogP contribution in [0.5, 0.6) is 5.75 Å². The number of para-hydroxylation sites is 1. The molecule has 29 heavy (non-hydrogen) atoms. The van der Waals surface area contributed by atoms with Crippen LogP contribution in [0.1, 0.15) is 16.1 Å². The van der Waals surface area contributed by atoms with Crippen LogP contribution < -0.4 is 10.1 Å². The first kappa shape index (κ1) is 20.4. The first-order valence-corrected chi connectivity index (χ1v) is 8.64. The van der Waals surface area contributed by atoms with Crippen molar-refractivity contribution in [1.82, 2.24) is 9.78 Å². The molecule has 3 aromatic rings. The fourth-order valence-electron chi connectivity index (χ4n) is 2.52. The summed E-state index contributed by atoms with van der Waals surface area (Å²) in [4.78, 5) is 12.6. The molecule has 0 atom stereocenters. The Labute approximate surface area is 164 Å². The number of carbonyl (C=O) groups excluding carboxylic acids is 1. The van der Waals surface area contributed by atoms with Crippen LogP contribution in [0, 0.1) is 0 Å². The molecule has 0 saturated carbocycles. The highest BCUT2D eigenvalue weighted by Crippen LogP contribution is 2.35. The monoisotopic (exact) mass is 405 g/mol. The topological polar surface area (TPSA) is 65.4 Å². The molecule has 0 aliphatic heterocycles. The van der Waals surface area contributed by atoms with Crippen molar-refractivity contribution >= 4 is 11.6 Å². The Hall–Kier alpha value is -3.33. The van der Waals surface area contributed by atoms with E-state index in [9.17, 15) is 18.0 Å². The van der Waals surface area contributed by atoms with Crippen LogP contribution in [0.25, 0.3) is 5.69 Å². The summed E-state index contributed by atoms with van der Waals surface area (Å²) in [7, 11) is 1.47. The third kappa shape index (κ3) is 5.14. The summed E-state index contributed by atoms with van der Waals surface area (Å²) < 4.78 is 51.0. The van der Waals surface area contributed by atoms with Crippen LogP contribution in [-0.4, -0.2) is 36.0 Å². The van der Waals surface area contributed by atoms with E-state index in [0.717, 1.165) is 23.9 Å². The minimum Gasteiger partial charge on any atom is -0.489 e. The summed E-state index contributed by atoms with van der Waals surface area (Å²) in [6.45, 7) is 0.364. The third-order valence-corrected chi connectivity index (χ3v) is 3.94. The average Bonchev–Trinajstić information content (AvgIpc) is 3.19. The number of aromatic nitrogens is 2. The van der Waals surface area contributed by atoms with E-state index >= 15 is 0 Å². The van der Waals surface area contributed by atoms with Gasteiger partial charge in [0, 0.05) is 13.3 Å². The number of halogens is 3. The number of nitrogens with zero attached hydrogens (tertiary/aromatic N) is 2. The molecule has 1 N–H and O–H groups in total. The fraction of sp³-hybridized carbons (Fsp3) is 0.200. The first-order valence-electron chi connectivity index (χ1n) is 8.64. The Morgan fingerprint density at radius 2 is 1.86 bits per heavy atom. The zero-order chi connectivity index (χ0) is 20.9. The standard InChI is InChI=1S/C20H18F3N3O3/c1-28-11-12-29-18-8-7-14(20(21,22)23)13-17(18)24-19(27)16-9-10-26(25-16)15-5-3-2-4-6-15/h2-10,13H,11-12H2,1H3,(H,24,27). The smallest absolute Gasteiger partial charge is 0.416 e. The Bertz CT molecular complexity index is 972. The highest BCUT2D eigenvalue weighted by molar-refractivity contribution is 6.03. The van der Waals surface area contributed by atoms with Gasteiger partial charge in [-0.15, -0.1) is 0 Å². The largest absolute Gasteiger partial charge is 0.489 e. The van der Waals surface area contributed by atoms with Crippen molar-refractivity contribution in [2.45, 2.75) is 6.18 Å². The van der Waals surface area contributed by atoms with Crippen LogP contribution in [-0.2, 0) is 10.9 Å². The van der Waals surface area contributed by atoms with Gasteiger partial charge in [0.15, 0.2) is 5.69 Å². The predicted octanol–water partition coefficient (Wildman–Crippen LogP) is 4.17. The van der Waals surface area contributed by atoms with Gasteiger partial charge in [0.05, 0.1) is 23.5 Å². The van der Waals surface area contributed by atoms with E-state index in [1.54, 1.807) is 6.20 Å². The van der Waals surface area contributed by atoms with Crippen molar-refractivity contribution in [2.24, 2.45) is 0 Å². The quantitative estimate of drug-likeness (QED) is 0.600. The molecule has 0 unspecified atom stereocenters. The van der Waals surface area contributed by atoms with E-state index in [-0.39, 0.29) is 30.3 Å². The van der Waals surface area contributed by atoms with E-state index in [1.165, 1.54) is 17.9 Å². The molecule has 1 aromatic heterocycles. The summed E-state index contributed by atoms with van der Waals surface area (Å²) in [5.74, 6) is -0.554. The Morgan fingerprint density at radius 1 is 1.10 bits per heavy atom. The molecule has 0 bridgehead atoms. The van der Waals surface area contributed by atoms with Crippen molar-refractivity contribution < 1.29 is 27.4 Å². The van der Waals surface area contributed by atoms with E-state index in [4.69, 9.17) is 9.47 Å². The zero-order valence-corrected chi connectivity index (χ0v) is 15.4. The number of methoxy groups -OCH3 is 1. The van der Waals surface area contributed by atoms with Crippen LogP contribution >= 0.6 is 0 Å². The van der Waals surface area contributed by atoms with Gasteiger partial charge in [-0.25, -0.2) is 4.68 Å². The van der Waals surface area contributed by atoms with Crippen LogP contribution in [0.15, 0.2) is 60.8 Å². The maximum Gasteiger partial charge on any atom is 0.416 e. The molecule has 152 valence electrons. The molecule has 0 saturated heterocycles. The van der Waals surface area contributed by atoms with Crippen LogP contribution in [0.3, 0.4) is 0 Å². The number of hydrogen-bond donors (Lipinski definition) is 1. The van der Waals surface area contributed by atoms with E-state index in [0.29, 0.717) is 0 Å². The van der Waals surface area contributed by atoms with Crippen molar-refractivity contribution in [3.8, 4) is 11.4 Å². The molecule has 0 aliphatic carbocycles. The highest BCUT2D eigenvalue weighted by atomic mass is 19.4. The Kier molecular flexibility index (Phi) is 6.18. The van der Waals surface area contributed by atoms with E-state index in [2.05, 4.69) is 10.4 Å². The fourth-order valence-corrected chi connectivity index (χ4v) is 2.52. The number of hydrogen-bond acceptors (Lipinski definition) is 4. The van der Waals surface area contributed by atoms with Gasteiger partial charge in [0.25, 0.3) is 5.91 Å². The second kappa shape index (κ2) is 8.78. The number of alkyl halides is 3. The van der Waals surface area contributed by atoms with Crippen molar-refractivity contribution in [3.63, 3.8) is 0 Å². The van der Waals surface area contributed by atoms with Gasteiger partial charge in [-0.1, -0.05) is 18.2 Å². The van der Waals surface area contributed by atoms with E-state index in [1.807, 2.05) is 30.3 Å². The molecule has 0 radical (unpaired) electrons. The van der Waals surface area contributed by atoms with Crippen LogP contribution in [0.4, 0.5) is 18.9 Å². The number of nitrogens with one attached hydrogen (secondary N) is 1. The van der Waals surface area contributed by atoms with Gasteiger partial charge >= 0.3 is 6.18 Å². The molecule has 2 aromatic carbocycles. The normalized spacial score (nSPS) is 11.3. The summed E-state index contributed by atoms with van der Waals surface area (Å²) in [6.07, 6.45) is -2.97.